The third kappa shape index (κ3) is 4.48. The maximum atomic E-state index is 12.4. The fourth-order valence-corrected chi connectivity index (χ4v) is 3.37. The first-order valence-electron chi connectivity index (χ1n) is 9.12. The van der Waals surface area contributed by atoms with E-state index in [1.165, 1.54) is 12.8 Å². The van der Waals surface area contributed by atoms with Gasteiger partial charge in [-0.2, -0.15) is 0 Å². The highest BCUT2D eigenvalue weighted by molar-refractivity contribution is 5.84. The zero-order chi connectivity index (χ0) is 17.6. The number of fused-ring (bicyclic) bond motifs is 1. The molecule has 134 valence electrons. The Morgan fingerprint density at radius 3 is 3.04 bits per heavy atom. The molecule has 25 heavy (non-hydrogen) atoms. The summed E-state index contributed by atoms with van der Waals surface area (Å²) in [5.74, 6) is 0.877. The zero-order valence-electron chi connectivity index (χ0n) is 15.1. The molecule has 2 heterocycles. The molecule has 1 fully saturated rings. The van der Waals surface area contributed by atoms with Gasteiger partial charge in [-0.05, 0) is 45.5 Å². The van der Waals surface area contributed by atoms with Crippen LogP contribution in [0.5, 0.6) is 5.75 Å². The van der Waals surface area contributed by atoms with Crippen molar-refractivity contribution in [3.8, 4) is 5.75 Å². The number of para-hydroxylation sites is 1. The number of aromatic nitrogens is 1. The first kappa shape index (κ1) is 17.7. The first-order valence-corrected chi connectivity index (χ1v) is 9.12. The van der Waals surface area contributed by atoms with Crippen LogP contribution in [0.15, 0.2) is 30.3 Å². The predicted molar refractivity (Wildman–Crippen MR) is 99.9 cm³/mol. The van der Waals surface area contributed by atoms with Gasteiger partial charge in [0.2, 0.25) is 5.91 Å². The van der Waals surface area contributed by atoms with Gasteiger partial charge in [-0.3, -0.25) is 9.69 Å². The Morgan fingerprint density at radius 1 is 1.28 bits per heavy atom. The summed E-state index contributed by atoms with van der Waals surface area (Å²) < 4.78 is 5.87. The molecule has 5 heteroatoms. The number of likely N-dealkylation sites (tertiary alicyclic amines) is 1. The summed E-state index contributed by atoms with van der Waals surface area (Å²) >= 11 is 0. The number of benzene rings is 1. The Kier molecular flexibility index (Phi) is 5.87. The van der Waals surface area contributed by atoms with Gasteiger partial charge in [0.15, 0.2) is 0 Å². The molecule has 0 saturated carbocycles. The number of carbonyl (C=O) groups excluding carboxylic acids is 1. The van der Waals surface area contributed by atoms with Crippen molar-refractivity contribution in [1.82, 2.24) is 15.2 Å². The van der Waals surface area contributed by atoms with Crippen LogP contribution < -0.4 is 10.1 Å². The van der Waals surface area contributed by atoms with E-state index in [0.29, 0.717) is 13.2 Å². The van der Waals surface area contributed by atoms with Crippen LogP contribution in [0.3, 0.4) is 0 Å². The highest BCUT2D eigenvalue weighted by Crippen LogP contribution is 2.23. The normalized spacial score (nSPS) is 18.7. The molecule has 1 aromatic heterocycles. The highest BCUT2D eigenvalue weighted by Gasteiger charge is 2.24. The van der Waals surface area contributed by atoms with E-state index >= 15 is 0 Å². The monoisotopic (exact) mass is 341 g/mol. The second-order valence-electron chi connectivity index (χ2n) is 6.77. The van der Waals surface area contributed by atoms with E-state index in [2.05, 4.69) is 15.2 Å². The van der Waals surface area contributed by atoms with E-state index in [1.807, 2.05) is 44.3 Å². The van der Waals surface area contributed by atoms with Gasteiger partial charge >= 0.3 is 0 Å². The van der Waals surface area contributed by atoms with Crippen LogP contribution in [-0.2, 0) is 4.79 Å². The summed E-state index contributed by atoms with van der Waals surface area (Å²) in [5.41, 5.74) is 1.84. The van der Waals surface area contributed by atoms with E-state index in [4.69, 9.17) is 4.74 Å². The maximum absolute atomic E-state index is 12.4. The lowest BCUT2D eigenvalue weighted by Crippen LogP contribution is -2.45. The molecule has 2 aromatic rings. The van der Waals surface area contributed by atoms with Crippen molar-refractivity contribution in [3.05, 3.63) is 36.0 Å². The third-order valence-electron chi connectivity index (χ3n) is 4.80. The van der Waals surface area contributed by atoms with E-state index in [9.17, 15) is 4.79 Å². The summed E-state index contributed by atoms with van der Waals surface area (Å²) in [6.07, 6.45) is 4.46. The van der Waals surface area contributed by atoms with Gasteiger partial charge in [0.25, 0.3) is 0 Å². The standard InChI is InChI=1S/C20H27N3O2/c1-15-10-11-16-7-6-9-18(19(16)22-15)25-14-12-21-20(24)17-8-4-3-5-13-23(17)2/h6-7,9-11,17H,3-5,8,12-14H2,1-2H3,(H,21,24)/t17-/m1/s1. The van der Waals surface area contributed by atoms with Gasteiger partial charge in [-0.25, -0.2) is 4.98 Å². The summed E-state index contributed by atoms with van der Waals surface area (Å²) in [7, 11) is 2.04. The minimum Gasteiger partial charge on any atom is -0.489 e. The number of likely N-dealkylation sites (N-methyl/N-ethyl adjacent to an activating group) is 1. The summed E-state index contributed by atoms with van der Waals surface area (Å²) in [6, 6.07) is 9.95. The fourth-order valence-electron chi connectivity index (χ4n) is 3.37. The molecule has 1 saturated heterocycles. The second kappa shape index (κ2) is 8.30. The Labute approximate surface area is 149 Å². The van der Waals surface area contributed by atoms with Crippen LogP contribution in [0.1, 0.15) is 31.4 Å². The third-order valence-corrected chi connectivity index (χ3v) is 4.80. The molecule has 3 rings (SSSR count). The zero-order valence-corrected chi connectivity index (χ0v) is 15.1. The van der Waals surface area contributed by atoms with Gasteiger partial charge in [0.05, 0.1) is 12.6 Å². The molecule has 1 aliphatic heterocycles. The molecule has 1 atom stereocenters. The van der Waals surface area contributed by atoms with Gasteiger partial charge in [0.1, 0.15) is 17.9 Å². The molecular weight excluding hydrogens is 314 g/mol. The topological polar surface area (TPSA) is 54.5 Å². The molecule has 1 amide bonds. The van der Waals surface area contributed by atoms with Crippen LogP contribution >= 0.6 is 0 Å². The number of nitrogens with zero attached hydrogens (tertiary/aromatic N) is 2. The molecular formula is C20H27N3O2. The Balaban J connectivity index is 1.53. The number of carbonyl (C=O) groups is 1. The van der Waals surface area contributed by atoms with Crippen molar-refractivity contribution in [2.75, 3.05) is 26.7 Å². The number of amides is 1. The number of pyridine rings is 1. The minimum atomic E-state index is -0.00984. The molecule has 0 bridgehead atoms. The number of hydrogen-bond donors (Lipinski definition) is 1. The van der Waals surface area contributed by atoms with Crippen LogP contribution in [0.25, 0.3) is 10.9 Å². The van der Waals surface area contributed by atoms with Crippen LogP contribution in [0.4, 0.5) is 0 Å². The largest absolute Gasteiger partial charge is 0.489 e. The minimum absolute atomic E-state index is 0.00984. The number of nitrogens with one attached hydrogen (secondary N) is 1. The summed E-state index contributed by atoms with van der Waals surface area (Å²) in [5, 5.41) is 4.08. The van der Waals surface area contributed by atoms with Crippen molar-refractivity contribution in [3.63, 3.8) is 0 Å². The quantitative estimate of drug-likeness (QED) is 0.850. The first-order chi connectivity index (χ1) is 12.1. The SMILES string of the molecule is Cc1ccc2cccc(OCCNC(=O)[C@H]3CCCCCN3C)c2n1. The lowest BCUT2D eigenvalue weighted by Gasteiger charge is -2.24. The second-order valence-corrected chi connectivity index (χ2v) is 6.77. The van der Waals surface area contributed by atoms with Gasteiger partial charge in [-0.15, -0.1) is 0 Å². The predicted octanol–water partition coefficient (Wildman–Crippen LogP) is 2.91. The van der Waals surface area contributed by atoms with E-state index in [-0.39, 0.29) is 11.9 Å². The lowest BCUT2D eigenvalue weighted by atomic mass is 10.1. The molecule has 1 N–H and O–H groups in total. The van der Waals surface area contributed by atoms with E-state index in [0.717, 1.165) is 41.7 Å². The molecule has 0 radical (unpaired) electrons. The average molecular weight is 341 g/mol. The lowest BCUT2D eigenvalue weighted by molar-refractivity contribution is -0.126. The fraction of sp³-hybridized carbons (Fsp3) is 0.500. The van der Waals surface area contributed by atoms with Crippen molar-refractivity contribution in [2.45, 2.75) is 38.6 Å². The van der Waals surface area contributed by atoms with Gasteiger partial charge in [-0.1, -0.05) is 31.0 Å². The Morgan fingerprint density at radius 2 is 2.16 bits per heavy atom. The Bertz CT molecular complexity index is 732. The van der Waals surface area contributed by atoms with Crippen LogP contribution in [-0.4, -0.2) is 48.6 Å². The number of aryl methyl sites for hydroxylation is 1. The average Bonchev–Trinajstić information content (AvgIpc) is 2.83. The number of hydrogen-bond acceptors (Lipinski definition) is 4. The maximum Gasteiger partial charge on any atom is 0.237 e. The summed E-state index contributed by atoms with van der Waals surface area (Å²) in [6.45, 7) is 3.91. The van der Waals surface area contributed by atoms with Crippen molar-refractivity contribution >= 4 is 16.8 Å². The Hall–Kier alpha value is -2.14. The van der Waals surface area contributed by atoms with Gasteiger partial charge < -0.3 is 10.1 Å². The van der Waals surface area contributed by atoms with E-state index < -0.39 is 0 Å². The van der Waals surface area contributed by atoms with Crippen LogP contribution in [0.2, 0.25) is 0 Å². The highest BCUT2D eigenvalue weighted by atomic mass is 16.5. The molecule has 1 aliphatic rings. The van der Waals surface area contributed by atoms with Crippen molar-refractivity contribution in [2.24, 2.45) is 0 Å². The smallest absolute Gasteiger partial charge is 0.237 e. The molecule has 0 unspecified atom stereocenters. The van der Waals surface area contributed by atoms with Crippen molar-refractivity contribution in [1.29, 1.82) is 0 Å². The molecule has 0 spiro atoms. The number of rotatable bonds is 5. The molecule has 5 nitrogen and oxygen atoms in total. The molecule has 0 aliphatic carbocycles. The van der Waals surface area contributed by atoms with E-state index in [1.54, 1.807) is 0 Å². The number of ether oxygens (including phenoxy) is 1. The summed E-state index contributed by atoms with van der Waals surface area (Å²) in [4.78, 5) is 19.1. The molecule has 1 aromatic carbocycles. The van der Waals surface area contributed by atoms with Crippen molar-refractivity contribution < 1.29 is 9.53 Å². The van der Waals surface area contributed by atoms with Gasteiger partial charge in [0, 0.05) is 11.1 Å². The van der Waals surface area contributed by atoms with Crippen LogP contribution in [0, 0.1) is 6.92 Å².